The summed E-state index contributed by atoms with van der Waals surface area (Å²) in [6.07, 6.45) is 72.3. The van der Waals surface area contributed by atoms with E-state index >= 15 is 0 Å². The SMILES string of the molecule is CCCCCCC/C=C\C/C=C\C/C=C\CCCCCCCCCCCCC(=O)OC(COCCCCCCCCCCCCCCCCCCCCCCCCCCCC)COP(=O)(O)OCC[N+](C)(C)C. The summed E-state index contributed by atoms with van der Waals surface area (Å²) < 4.78 is 35.4. The monoisotopic (exact) mass is 1050 g/mol. The van der Waals surface area contributed by atoms with Gasteiger partial charge in [0.15, 0.2) is 0 Å². The number of unbranched alkanes of at least 4 members (excludes halogenated alkanes) is 40. The lowest BCUT2D eigenvalue weighted by Gasteiger charge is -2.24. The topological polar surface area (TPSA) is 91.3 Å². The van der Waals surface area contributed by atoms with Crippen LogP contribution < -0.4 is 0 Å². The van der Waals surface area contributed by atoms with Crippen molar-refractivity contribution < 1.29 is 37.3 Å². The van der Waals surface area contributed by atoms with Crippen molar-refractivity contribution in [2.45, 2.75) is 315 Å². The van der Waals surface area contributed by atoms with E-state index in [0.29, 0.717) is 24.1 Å². The van der Waals surface area contributed by atoms with Gasteiger partial charge < -0.3 is 18.9 Å². The van der Waals surface area contributed by atoms with Crippen molar-refractivity contribution in [2.24, 2.45) is 0 Å². The van der Waals surface area contributed by atoms with Gasteiger partial charge in [0.2, 0.25) is 0 Å². The third-order valence-electron chi connectivity index (χ3n) is 14.2. The minimum atomic E-state index is -4.29. The lowest BCUT2D eigenvalue weighted by molar-refractivity contribution is -0.870. The van der Waals surface area contributed by atoms with Gasteiger partial charge in [0, 0.05) is 13.0 Å². The standard InChI is InChI=1S/C64H124NO7P/c1-6-8-10-12-14-16-18-20-22-24-26-28-30-32-34-36-38-40-42-44-46-48-50-52-54-56-59-69-61-63(62-71-73(67,68)70-60-58-65(3,4)5)72-64(66)57-55-53-51-49-47-45-43-41-39-37-35-33-31-29-27-25-23-21-19-17-15-13-11-9-7-2/h19,21,25,27,31,33,63H,6-18,20,22-24,26,28-30,32,34-62H2,1-5H3/p+1/b21-19-,27-25-,33-31-. The van der Waals surface area contributed by atoms with Crippen molar-refractivity contribution in [3.63, 3.8) is 0 Å². The third kappa shape index (κ3) is 61.5. The fourth-order valence-corrected chi connectivity index (χ4v) is 10.1. The first-order valence-electron chi connectivity index (χ1n) is 31.7. The number of carbonyl (C=O) groups is 1. The number of phosphoric acid groups is 1. The van der Waals surface area contributed by atoms with Gasteiger partial charge in [0.05, 0.1) is 34.4 Å². The van der Waals surface area contributed by atoms with Gasteiger partial charge in [-0.2, -0.15) is 0 Å². The van der Waals surface area contributed by atoms with Crippen LogP contribution in [-0.4, -0.2) is 75.6 Å². The van der Waals surface area contributed by atoms with Crippen molar-refractivity contribution in [3.05, 3.63) is 36.5 Å². The maximum absolute atomic E-state index is 12.8. The molecule has 2 atom stereocenters. The second kappa shape index (κ2) is 56.9. The average Bonchev–Trinajstić information content (AvgIpc) is 3.35. The molecule has 2 unspecified atom stereocenters. The van der Waals surface area contributed by atoms with Gasteiger partial charge >= 0.3 is 13.8 Å². The van der Waals surface area contributed by atoms with Gasteiger partial charge in [-0.05, 0) is 51.4 Å². The first-order chi connectivity index (χ1) is 35.6. The number of ether oxygens (including phenoxy) is 2. The summed E-state index contributed by atoms with van der Waals surface area (Å²) in [6.45, 7) is 5.68. The molecule has 0 amide bonds. The molecule has 73 heavy (non-hydrogen) atoms. The van der Waals surface area contributed by atoms with Gasteiger partial charge in [0.1, 0.15) is 19.3 Å². The van der Waals surface area contributed by atoms with Gasteiger partial charge in [-0.1, -0.05) is 288 Å². The van der Waals surface area contributed by atoms with Crippen molar-refractivity contribution in [1.29, 1.82) is 0 Å². The lowest BCUT2D eigenvalue weighted by atomic mass is 10.0. The molecular weight excluding hydrogens is 926 g/mol. The summed E-state index contributed by atoms with van der Waals surface area (Å²) in [4.78, 5) is 23.1. The molecule has 0 aliphatic heterocycles. The van der Waals surface area contributed by atoms with Crippen molar-refractivity contribution in [1.82, 2.24) is 0 Å². The predicted molar refractivity (Wildman–Crippen MR) is 316 cm³/mol. The number of hydrogen-bond donors (Lipinski definition) is 1. The summed E-state index contributed by atoms with van der Waals surface area (Å²) in [5, 5.41) is 0. The molecular formula is C64H125NO7P+. The highest BCUT2D eigenvalue weighted by atomic mass is 31.2. The van der Waals surface area contributed by atoms with Crippen LogP contribution in [-0.2, 0) is 27.9 Å². The van der Waals surface area contributed by atoms with Crippen LogP contribution in [0.2, 0.25) is 0 Å². The maximum atomic E-state index is 12.8. The van der Waals surface area contributed by atoms with E-state index in [9.17, 15) is 14.3 Å². The summed E-state index contributed by atoms with van der Waals surface area (Å²) in [6, 6.07) is 0. The molecule has 1 N–H and O–H groups in total. The zero-order valence-corrected chi connectivity index (χ0v) is 50.3. The number of rotatable bonds is 60. The molecule has 0 bridgehead atoms. The third-order valence-corrected chi connectivity index (χ3v) is 15.2. The second-order valence-corrected chi connectivity index (χ2v) is 24.3. The van der Waals surface area contributed by atoms with Crippen LogP contribution >= 0.6 is 7.82 Å². The van der Waals surface area contributed by atoms with Crippen LogP contribution in [0.3, 0.4) is 0 Å². The lowest BCUT2D eigenvalue weighted by Crippen LogP contribution is -2.37. The Morgan fingerprint density at radius 2 is 0.753 bits per heavy atom. The Labute approximate surface area is 455 Å². The molecule has 0 saturated carbocycles. The normalized spacial score (nSPS) is 13.6. The molecule has 0 aromatic carbocycles. The highest BCUT2D eigenvalue weighted by Gasteiger charge is 2.26. The van der Waals surface area contributed by atoms with E-state index in [1.807, 2.05) is 21.1 Å². The maximum Gasteiger partial charge on any atom is 0.472 e. The highest BCUT2D eigenvalue weighted by molar-refractivity contribution is 7.47. The van der Waals surface area contributed by atoms with Crippen molar-refractivity contribution in [3.8, 4) is 0 Å². The summed E-state index contributed by atoms with van der Waals surface area (Å²) in [5.41, 5.74) is 0. The molecule has 0 rings (SSSR count). The fourth-order valence-electron chi connectivity index (χ4n) is 9.33. The Bertz CT molecular complexity index is 1260. The quantitative estimate of drug-likeness (QED) is 0.0213. The summed E-state index contributed by atoms with van der Waals surface area (Å²) in [7, 11) is 1.68. The van der Waals surface area contributed by atoms with Crippen molar-refractivity contribution in [2.75, 3.05) is 54.1 Å². The van der Waals surface area contributed by atoms with Crippen LogP contribution in [0.25, 0.3) is 0 Å². The highest BCUT2D eigenvalue weighted by Crippen LogP contribution is 2.43. The molecule has 0 aliphatic carbocycles. The number of allylic oxidation sites excluding steroid dienone is 6. The number of nitrogens with zero attached hydrogens (tertiary/aromatic N) is 1. The van der Waals surface area contributed by atoms with Gasteiger partial charge in [-0.25, -0.2) is 4.57 Å². The molecule has 0 aromatic heterocycles. The molecule has 0 fully saturated rings. The number of quaternary nitrogens is 1. The van der Waals surface area contributed by atoms with E-state index in [2.05, 4.69) is 50.3 Å². The largest absolute Gasteiger partial charge is 0.472 e. The Morgan fingerprint density at radius 1 is 0.425 bits per heavy atom. The predicted octanol–water partition coefficient (Wildman–Crippen LogP) is 20.4. The second-order valence-electron chi connectivity index (χ2n) is 22.8. The Balaban J connectivity index is 4.00. The van der Waals surface area contributed by atoms with E-state index in [1.165, 1.54) is 244 Å². The Morgan fingerprint density at radius 3 is 1.12 bits per heavy atom. The minimum Gasteiger partial charge on any atom is -0.457 e. The first kappa shape index (κ1) is 71.7. The molecule has 432 valence electrons. The Hall–Kier alpha value is -1.28. The molecule has 0 radical (unpaired) electrons. The van der Waals surface area contributed by atoms with Crippen molar-refractivity contribution >= 4 is 13.8 Å². The molecule has 0 spiro atoms. The number of carbonyl (C=O) groups excluding carboxylic acids is 1. The number of esters is 1. The van der Waals surface area contributed by atoms with Crippen LogP contribution in [0, 0.1) is 0 Å². The smallest absolute Gasteiger partial charge is 0.457 e. The van der Waals surface area contributed by atoms with Crippen LogP contribution in [0.4, 0.5) is 0 Å². The number of likely N-dealkylation sites (N-methyl/N-ethyl adjacent to an activating group) is 1. The number of hydrogen-bond acceptors (Lipinski definition) is 6. The zero-order chi connectivity index (χ0) is 53.3. The molecule has 0 saturated heterocycles. The van der Waals surface area contributed by atoms with Gasteiger partial charge in [-0.3, -0.25) is 13.8 Å². The molecule has 9 heteroatoms. The van der Waals surface area contributed by atoms with Crippen LogP contribution in [0.5, 0.6) is 0 Å². The van der Waals surface area contributed by atoms with E-state index in [1.54, 1.807) is 0 Å². The van der Waals surface area contributed by atoms with Crippen LogP contribution in [0.1, 0.15) is 309 Å². The first-order valence-corrected chi connectivity index (χ1v) is 33.2. The van der Waals surface area contributed by atoms with Crippen LogP contribution in [0.15, 0.2) is 36.5 Å². The van der Waals surface area contributed by atoms with E-state index in [4.69, 9.17) is 18.5 Å². The van der Waals surface area contributed by atoms with Gasteiger partial charge in [-0.15, -0.1) is 0 Å². The zero-order valence-electron chi connectivity index (χ0n) is 49.4. The molecule has 0 aromatic rings. The number of phosphoric ester groups is 1. The van der Waals surface area contributed by atoms with Gasteiger partial charge in [0.25, 0.3) is 0 Å². The van der Waals surface area contributed by atoms with E-state index in [-0.39, 0.29) is 25.8 Å². The molecule has 0 heterocycles. The van der Waals surface area contributed by atoms with E-state index in [0.717, 1.165) is 44.9 Å². The molecule has 0 aliphatic rings. The Kier molecular flexibility index (Phi) is 55.9. The average molecular weight is 1050 g/mol. The summed E-state index contributed by atoms with van der Waals surface area (Å²) in [5.74, 6) is -0.311. The fraction of sp³-hybridized carbons (Fsp3) is 0.891. The van der Waals surface area contributed by atoms with E-state index < -0.39 is 13.9 Å². The summed E-state index contributed by atoms with van der Waals surface area (Å²) >= 11 is 0. The minimum absolute atomic E-state index is 0.0895. The molecule has 8 nitrogen and oxygen atoms in total.